The zero-order valence-corrected chi connectivity index (χ0v) is 14.0. The Kier molecular flexibility index (Phi) is 5.67. The van der Waals surface area contributed by atoms with Gasteiger partial charge in [0.25, 0.3) is 0 Å². The van der Waals surface area contributed by atoms with Gasteiger partial charge in [-0.3, -0.25) is 0 Å². The SMILES string of the molecule is N#Cc1cccc(N2C[C@@H](CN3CCC(CO)CC3)[C@@H](CO)C2)n1. The van der Waals surface area contributed by atoms with Gasteiger partial charge >= 0.3 is 0 Å². The van der Waals surface area contributed by atoms with Crippen molar-refractivity contribution in [2.24, 2.45) is 17.8 Å². The number of likely N-dealkylation sites (tertiary alicyclic amines) is 1. The molecule has 2 aliphatic rings. The summed E-state index contributed by atoms with van der Waals surface area (Å²) in [7, 11) is 0. The van der Waals surface area contributed by atoms with Crippen LogP contribution in [0, 0.1) is 29.1 Å². The zero-order chi connectivity index (χ0) is 16.9. The highest BCUT2D eigenvalue weighted by molar-refractivity contribution is 5.43. The van der Waals surface area contributed by atoms with Crippen LogP contribution in [0.1, 0.15) is 18.5 Å². The summed E-state index contributed by atoms with van der Waals surface area (Å²) in [6.07, 6.45) is 2.12. The van der Waals surface area contributed by atoms with Crippen molar-refractivity contribution in [3.63, 3.8) is 0 Å². The number of piperidine rings is 1. The van der Waals surface area contributed by atoms with Gasteiger partial charge in [-0.1, -0.05) is 6.07 Å². The number of aliphatic hydroxyl groups is 2. The van der Waals surface area contributed by atoms with E-state index in [2.05, 4.69) is 20.9 Å². The third-order valence-corrected chi connectivity index (χ3v) is 5.44. The first-order valence-electron chi connectivity index (χ1n) is 8.79. The van der Waals surface area contributed by atoms with Crippen molar-refractivity contribution >= 4 is 5.82 Å². The molecular formula is C18H26N4O2. The van der Waals surface area contributed by atoms with Crippen LogP contribution in [0.25, 0.3) is 0 Å². The van der Waals surface area contributed by atoms with E-state index in [-0.39, 0.29) is 12.5 Å². The van der Waals surface area contributed by atoms with E-state index < -0.39 is 0 Å². The van der Waals surface area contributed by atoms with Gasteiger partial charge in [-0.25, -0.2) is 4.98 Å². The van der Waals surface area contributed by atoms with E-state index in [4.69, 9.17) is 5.26 Å². The van der Waals surface area contributed by atoms with Crippen molar-refractivity contribution in [2.45, 2.75) is 12.8 Å². The number of aromatic nitrogens is 1. The molecule has 3 rings (SSSR count). The topological polar surface area (TPSA) is 83.6 Å². The number of pyridine rings is 1. The third-order valence-electron chi connectivity index (χ3n) is 5.44. The fourth-order valence-corrected chi connectivity index (χ4v) is 3.88. The summed E-state index contributed by atoms with van der Waals surface area (Å²) in [6.45, 7) is 5.18. The molecule has 6 heteroatoms. The highest BCUT2D eigenvalue weighted by Gasteiger charge is 2.34. The molecule has 1 aromatic rings. The molecule has 0 aromatic carbocycles. The molecule has 2 aliphatic heterocycles. The Hall–Kier alpha value is -1.68. The maximum Gasteiger partial charge on any atom is 0.142 e. The lowest BCUT2D eigenvalue weighted by Crippen LogP contribution is -2.40. The summed E-state index contributed by atoms with van der Waals surface area (Å²) >= 11 is 0. The molecular weight excluding hydrogens is 304 g/mol. The van der Waals surface area contributed by atoms with Crippen LogP contribution in [0.4, 0.5) is 5.82 Å². The fourth-order valence-electron chi connectivity index (χ4n) is 3.88. The van der Waals surface area contributed by atoms with Gasteiger partial charge in [-0.05, 0) is 49.9 Å². The van der Waals surface area contributed by atoms with E-state index in [0.717, 1.165) is 51.4 Å². The van der Waals surface area contributed by atoms with Crippen molar-refractivity contribution in [3.05, 3.63) is 23.9 Å². The predicted octanol–water partition coefficient (Wildman–Crippen LogP) is 0.702. The van der Waals surface area contributed by atoms with Crippen LogP contribution in [0.3, 0.4) is 0 Å². The molecule has 130 valence electrons. The molecule has 2 saturated heterocycles. The molecule has 0 radical (unpaired) electrons. The summed E-state index contributed by atoms with van der Waals surface area (Å²) < 4.78 is 0. The van der Waals surface area contributed by atoms with Crippen LogP contribution in [0.2, 0.25) is 0 Å². The molecule has 0 spiro atoms. The van der Waals surface area contributed by atoms with Crippen molar-refractivity contribution in [1.82, 2.24) is 9.88 Å². The van der Waals surface area contributed by atoms with Crippen LogP contribution in [0.15, 0.2) is 18.2 Å². The van der Waals surface area contributed by atoms with E-state index in [1.165, 1.54) is 0 Å². The Labute approximate surface area is 143 Å². The summed E-state index contributed by atoms with van der Waals surface area (Å²) in [5.74, 6) is 1.93. The lowest BCUT2D eigenvalue weighted by Gasteiger charge is -2.33. The molecule has 2 fully saturated rings. The number of anilines is 1. The summed E-state index contributed by atoms with van der Waals surface area (Å²) in [5.41, 5.74) is 0.433. The number of aliphatic hydroxyl groups excluding tert-OH is 2. The molecule has 1 aromatic heterocycles. The average Bonchev–Trinajstić information content (AvgIpc) is 3.05. The van der Waals surface area contributed by atoms with Crippen LogP contribution in [0.5, 0.6) is 0 Å². The van der Waals surface area contributed by atoms with Crippen LogP contribution >= 0.6 is 0 Å². The van der Waals surface area contributed by atoms with E-state index in [1.807, 2.05) is 12.1 Å². The van der Waals surface area contributed by atoms with Crippen molar-refractivity contribution < 1.29 is 10.2 Å². The average molecular weight is 330 g/mol. The second-order valence-electron chi connectivity index (χ2n) is 7.03. The Bertz CT molecular complexity index is 581. The van der Waals surface area contributed by atoms with Gasteiger partial charge in [0, 0.05) is 38.8 Å². The smallest absolute Gasteiger partial charge is 0.142 e. The monoisotopic (exact) mass is 330 g/mol. The predicted molar refractivity (Wildman–Crippen MR) is 91.5 cm³/mol. The molecule has 6 nitrogen and oxygen atoms in total. The zero-order valence-electron chi connectivity index (χ0n) is 14.0. The fraction of sp³-hybridized carbons (Fsp3) is 0.667. The normalized spacial score (nSPS) is 25.8. The number of rotatable bonds is 5. The Balaban J connectivity index is 1.61. The summed E-state index contributed by atoms with van der Waals surface area (Å²) in [4.78, 5) is 9.03. The quantitative estimate of drug-likeness (QED) is 0.827. The summed E-state index contributed by atoms with van der Waals surface area (Å²) in [6, 6.07) is 7.60. The number of nitrogens with zero attached hydrogens (tertiary/aromatic N) is 4. The second-order valence-corrected chi connectivity index (χ2v) is 7.03. The number of nitriles is 1. The van der Waals surface area contributed by atoms with Gasteiger partial charge < -0.3 is 20.0 Å². The highest BCUT2D eigenvalue weighted by atomic mass is 16.3. The first-order valence-corrected chi connectivity index (χ1v) is 8.79. The second kappa shape index (κ2) is 7.93. The number of hydrogen-bond acceptors (Lipinski definition) is 6. The van der Waals surface area contributed by atoms with Gasteiger partial charge in [0.2, 0.25) is 0 Å². The first-order chi connectivity index (χ1) is 11.7. The van der Waals surface area contributed by atoms with Gasteiger partial charge in [0.05, 0.1) is 0 Å². The Morgan fingerprint density at radius 3 is 2.54 bits per heavy atom. The van der Waals surface area contributed by atoms with Crippen molar-refractivity contribution in [1.29, 1.82) is 5.26 Å². The maximum absolute atomic E-state index is 9.76. The molecule has 24 heavy (non-hydrogen) atoms. The third kappa shape index (κ3) is 3.86. The minimum atomic E-state index is 0.187. The van der Waals surface area contributed by atoms with Gasteiger partial charge in [-0.15, -0.1) is 0 Å². The Morgan fingerprint density at radius 2 is 1.88 bits per heavy atom. The van der Waals surface area contributed by atoms with E-state index >= 15 is 0 Å². The van der Waals surface area contributed by atoms with Gasteiger partial charge in [0.1, 0.15) is 17.6 Å². The lowest BCUT2D eigenvalue weighted by molar-refractivity contribution is 0.106. The minimum Gasteiger partial charge on any atom is -0.396 e. The van der Waals surface area contributed by atoms with Crippen LogP contribution < -0.4 is 4.90 Å². The largest absolute Gasteiger partial charge is 0.396 e. The minimum absolute atomic E-state index is 0.187. The molecule has 0 saturated carbocycles. The summed E-state index contributed by atoms with van der Waals surface area (Å²) in [5, 5.41) is 28.0. The molecule has 0 unspecified atom stereocenters. The molecule has 2 N–H and O–H groups in total. The molecule has 0 amide bonds. The molecule has 3 heterocycles. The van der Waals surface area contributed by atoms with E-state index in [1.54, 1.807) is 6.07 Å². The Morgan fingerprint density at radius 1 is 1.12 bits per heavy atom. The van der Waals surface area contributed by atoms with Gasteiger partial charge in [0.15, 0.2) is 0 Å². The molecule has 0 aliphatic carbocycles. The maximum atomic E-state index is 9.76. The molecule has 0 bridgehead atoms. The van der Waals surface area contributed by atoms with E-state index in [0.29, 0.717) is 24.1 Å². The number of hydrogen-bond donors (Lipinski definition) is 2. The van der Waals surface area contributed by atoms with Crippen LogP contribution in [-0.2, 0) is 0 Å². The first kappa shape index (κ1) is 17.2. The molecule has 2 atom stereocenters. The van der Waals surface area contributed by atoms with Gasteiger partial charge in [-0.2, -0.15) is 5.26 Å². The van der Waals surface area contributed by atoms with E-state index in [9.17, 15) is 10.2 Å². The lowest BCUT2D eigenvalue weighted by atomic mass is 9.93. The van der Waals surface area contributed by atoms with Crippen LogP contribution in [-0.4, -0.2) is 66.0 Å². The highest BCUT2D eigenvalue weighted by Crippen LogP contribution is 2.29. The van der Waals surface area contributed by atoms with Crippen molar-refractivity contribution in [2.75, 3.05) is 50.8 Å². The standard InChI is InChI=1S/C18H26N4O2/c19-8-17-2-1-3-18(20-17)22-10-15(16(11-22)13-24)9-21-6-4-14(12-23)5-7-21/h1-3,14-16,23-24H,4-7,9-13H2/t15-,16-/m1/s1. The van der Waals surface area contributed by atoms with Crippen molar-refractivity contribution in [3.8, 4) is 6.07 Å².